The normalized spacial score (nSPS) is 19.7. The fourth-order valence-electron chi connectivity index (χ4n) is 3.45. The fourth-order valence-corrected chi connectivity index (χ4v) is 4.76. The van der Waals surface area contributed by atoms with Crippen LogP contribution in [0.25, 0.3) is 0 Å². The average Bonchev–Trinajstić information content (AvgIpc) is 2.74. The van der Waals surface area contributed by atoms with Crippen LogP contribution < -0.4 is 4.90 Å². The van der Waals surface area contributed by atoms with E-state index in [1.807, 2.05) is 18.2 Å². The number of fused-ring (bicyclic) bond motifs is 1. The van der Waals surface area contributed by atoms with E-state index in [0.717, 1.165) is 17.8 Å². The molecule has 1 heterocycles. The minimum Gasteiger partial charge on any atom is -0.368 e. The Morgan fingerprint density at radius 2 is 1.70 bits per heavy atom. The maximum absolute atomic E-state index is 12.9. The summed E-state index contributed by atoms with van der Waals surface area (Å²) in [5, 5.41) is 0. The van der Waals surface area contributed by atoms with Crippen LogP contribution in [0, 0.1) is 0 Å². The molecule has 1 aliphatic heterocycles. The largest absolute Gasteiger partial charge is 0.368 e. The van der Waals surface area contributed by atoms with E-state index in [9.17, 15) is 8.42 Å². The second kappa shape index (κ2) is 5.38. The standard InChI is InChI=1S/C19H23NO2S/c1-5-20-14(2)19(3,4)17-13-16(11-12-18(17)20)23(21,22)15-9-7-6-8-10-15/h6-14H,5H2,1-4H3. The summed E-state index contributed by atoms with van der Waals surface area (Å²) >= 11 is 0. The maximum atomic E-state index is 12.9. The van der Waals surface area contributed by atoms with Crippen LogP contribution in [0.3, 0.4) is 0 Å². The summed E-state index contributed by atoms with van der Waals surface area (Å²) in [4.78, 5) is 3.06. The molecule has 1 atom stereocenters. The molecule has 2 aromatic carbocycles. The molecule has 3 nitrogen and oxygen atoms in total. The van der Waals surface area contributed by atoms with Crippen LogP contribution in [0.15, 0.2) is 58.3 Å². The minimum atomic E-state index is -3.47. The molecule has 1 unspecified atom stereocenters. The van der Waals surface area contributed by atoms with Crippen LogP contribution in [0.4, 0.5) is 5.69 Å². The topological polar surface area (TPSA) is 37.4 Å². The molecule has 0 saturated heterocycles. The molecule has 1 aliphatic rings. The average molecular weight is 329 g/mol. The van der Waals surface area contributed by atoms with Crippen molar-refractivity contribution in [2.45, 2.75) is 48.9 Å². The Morgan fingerprint density at radius 1 is 1.04 bits per heavy atom. The second-order valence-corrected chi connectivity index (χ2v) is 8.63. The van der Waals surface area contributed by atoms with Gasteiger partial charge in [0.15, 0.2) is 0 Å². The van der Waals surface area contributed by atoms with Crippen molar-refractivity contribution in [3.05, 3.63) is 54.1 Å². The van der Waals surface area contributed by atoms with Gasteiger partial charge in [-0.05, 0) is 49.7 Å². The number of sulfone groups is 1. The van der Waals surface area contributed by atoms with Gasteiger partial charge in [-0.3, -0.25) is 0 Å². The molecule has 0 bridgehead atoms. The number of benzene rings is 2. The Kier molecular flexibility index (Phi) is 3.75. The fraction of sp³-hybridized carbons (Fsp3) is 0.368. The van der Waals surface area contributed by atoms with Gasteiger partial charge in [-0.25, -0.2) is 8.42 Å². The SMILES string of the molecule is CCN1c2ccc(S(=O)(=O)c3ccccc3)cc2C(C)(C)C1C. The van der Waals surface area contributed by atoms with E-state index in [-0.39, 0.29) is 5.41 Å². The number of anilines is 1. The van der Waals surface area contributed by atoms with Gasteiger partial charge in [0, 0.05) is 23.7 Å². The van der Waals surface area contributed by atoms with E-state index in [1.54, 1.807) is 30.3 Å². The van der Waals surface area contributed by atoms with Crippen molar-refractivity contribution in [3.8, 4) is 0 Å². The number of rotatable bonds is 3. The molecule has 0 fully saturated rings. The molecule has 0 aromatic heterocycles. The highest BCUT2D eigenvalue weighted by Crippen LogP contribution is 2.45. The van der Waals surface area contributed by atoms with Crippen molar-refractivity contribution in [2.24, 2.45) is 0 Å². The quantitative estimate of drug-likeness (QED) is 0.853. The van der Waals surface area contributed by atoms with E-state index in [1.165, 1.54) is 0 Å². The molecule has 0 N–H and O–H groups in total. The number of hydrogen-bond donors (Lipinski definition) is 0. The molecular weight excluding hydrogens is 306 g/mol. The van der Waals surface area contributed by atoms with E-state index in [0.29, 0.717) is 15.8 Å². The van der Waals surface area contributed by atoms with E-state index >= 15 is 0 Å². The summed E-state index contributed by atoms with van der Waals surface area (Å²) in [7, 11) is -3.47. The van der Waals surface area contributed by atoms with Crippen LogP contribution in [0.2, 0.25) is 0 Å². The van der Waals surface area contributed by atoms with Gasteiger partial charge in [0.2, 0.25) is 9.84 Å². The summed E-state index contributed by atoms with van der Waals surface area (Å²) < 4.78 is 25.7. The van der Waals surface area contributed by atoms with Gasteiger partial charge < -0.3 is 4.90 Å². The molecule has 0 amide bonds. The molecular formula is C19H23NO2S. The van der Waals surface area contributed by atoms with Gasteiger partial charge in [0.05, 0.1) is 9.79 Å². The molecule has 2 aromatic rings. The van der Waals surface area contributed by atoms with Gasteiger partial charge in [0.25, 0.3) is 0 Å². The van der Waals surface area contributed by atoms with Gasteiger partial charge >= 0.3 is 0 Å². The van der Waals surface area contributed by atoms with Crippen molar-refractivity contribution in [2.75, 3.05) is 11.4 Å². The second-order valence-electron chi connectivity index (χ2n) is 6.68. The zero-order valence-electron chi connectivity index (χ0n) is 14.1. The highest BCUT2D eigenvalue weighted by Gasteiger charge is 2.41. The lowest BCUT2D eigenvalue weighted by Gasteiger charge is -2.30. The Balaban J connectivity index is 2.15. The number of nitrogens with zero attached hydrogens (tertiary/aromatic N) is 1. The first-order valence-corrected chi connectivity index (χ1v) is 9.49. The van der Waals surface area contributed by atoms with Crippen molar-refractivity contribution in [1.29, 1.82) is 0 Å². The summed E-state index contributed by atoms with van der Waals surface area (Å²) in [6.07, 6.45) is 0. The minimum absolute atomic E-state index is 0.0758. The smallest absolute Gasteiger partial charge is 0.206 e. The van der Waals surface area contributed by atoms with Gasteiger partial charge in [0.1, 0.15) is 0 Å². The lowest BCUT2D eigenvalue weighted by atomic mass is 9.81. The Hall–Kier alpha value is -1.81. The van der Waals surface area contributed by atoms with E-state index in [2.05, 4.69) is 32.6 Å². The van der Waals surface area contributed by atoms with E-state index < -0.39 is 9.84 Å². The van der Waals surface area contributed by atoms with Gasteiger partial charge in [-0.1, -0.05) is 32.0 Å². The first-order chi connectivity index (χ1) is 10.8. The molecule has 0 saturated carbocycles. The van der Waals surface area contributed by atoms with Crippen LogP contribution in [-0.4, -0.2) is 21.0 Å². The third-order valence-corrected chi connectivity index (χ3v) is 6.96. The monoisotopic (exact) mass is 329 g/mol. The Bertz CT molecular complexity index is 826. The molecule has 0 radical (unpaired) electrons. The zero-order valence-corrected chi connectivity index (χ0v) is 14.9. The molecule has 0 spiro atoms. The predicted octanol–water partition coefficient (Wildman–Crippen LogP) is 4.03. The third-order valence-electron chi connectivity index (χ3n) is 5.19. The Morgan fingerprint density at radius 3 is 2.30 bits per heavy atom. The van der Waals surface area contributed by atoms with Crippen molar-refractivity contribution in [1.82, 2.24) is 0 Å². The first-order valence-electron chi connectivity index (χ1n) is 8.01. The third kappa shape index (κ3) is 2.36. The lowest BCUT2D eigenvalue weighted by molar-refractivity contribution is 0.444. The molecule has 122 valence electrons. The molecule has 4 heteroatoms. The van der Waals surface area contributed by atoms with Gasteiger partial charge in [-0.15, -0.1) is 0 Å². The summed E-state index contributed by atoms with van der Waals surface area (Å²) in [6.45, 7) is 9.63. The van der Waals surface area contributed by atoms with Crippen LogP contribution in [0.5, 0.6) is 0 Å². The summed E-state index contributed by atoms with van der Waals surface area (Å²) in [5.41, 5.74) is 2.19. The number of hydrogen-bond acceptors (Lipinski definition) is 3. The lowest BCUT2D eigenvalue weighted by Crippen LogP contribution is -2.38. The highest BCUT2D eigenvalue weighted by molar-refractivity contribution is 7.91. The summed E-state index contributed by atoms with van der Waals surface area (Å²) in [6, 6.07) is 14.5. The molecule has 23 heavy (non-hydrogen) atoms. The summed E-state index contributed by atoms with van der Waals surface area (Å²) in [5.74, 6) is 0. The van der Waals surface area contributed by atoms with Crippen molar-refractivity contribution in [3.63, 3.8) is 0 Å². The van der Waals surface area contributed by atoms with Crippen molar-refractivity contribution >= 4 is 15.5 Å². The van der Waals surface area contributed by atoms with Crippen LogP contribution in [-0.2, 0) is 15.3 Å². The molecule has 3 rings (SSSR count). The van der Waals surface area contributed by atoms with Gasteiger partial charge in [-0.2, -0.15) is 0 Å². The van der Waals surface area contributed by atoms with Crippen molar-refractivity contribution < 1.29 is 8.42 Å². The zero-order chi connectivity index (χ0) is 16.8. The predicted molar refractivity (Wildman–Crippen MR) is 93.8 cm³/mol. The maximum Gasteiger partial charge on any atom is 0.206 e. The highest BCUT2D eigenvalue weighted by atomic mass is 32.2. The van der Waals surface area contributed by atoms with Crippen LogP contribution in [0.1, 0.15) is 33.3 Å². The molecule has 0 aliphatic carbocycles. The Labute approximate surface area is 138 Å². The first kappa shape index (κ1) is 16.1. The van der Waals surface area contributed by atoms with E-state index in [4.69, 9.17) is 0 Å². The van der Waals surface area contributed by atoms with Crippen LogP contribution >= 0.6 is 0 Å². The number of likely N-dealkylation sites (N-methyl/N-ethyl adjacent to an activating group) is 1.